The predicted octanol–water partition coefficient (Wildman–Crippen LogP) is 2.91. The molecule has 0 aromatic rings. The van der Waals surface area contributed by atoms with E-state index in [1.807, 2.05) is 13.8 Å². The summed E-state index contributed by atoms with van der Waals surface area (Å²) >= 11 is 0.843. The number of nitrogens with zero attached hydrogens (tertiary/aromatic N) is 1. The third-order valence-electron chi connectivity index (χ3n) is 2.19. The van der Waals surface area contributed by atoms with Crippen LogP contribution in [0.4, 0.5) is 13.2 Å². The fraction of sp³-hybridized carbons (Fsp3) is 0.875. The lowest BCUT2D eigenvalue weighted by molar-refractivity contribution is -0.116. The van der Waals surface area contributed by atoms with Crippen molar-refractivity contribution in [2.24, 2.45) is 11.1 Å². The molecule has 0 bridgehead atoms. The normalized spacial score (nSPS) is 31.7. The van der Waals surface area contributed by atoms with Crippen molar-refractivity contribution in [3.8, 4) is 0 Å². The largest absolute Gasteiger partial charge is 0.411 e. The minimum absolute atomic E-state index is 0.104. The van der Waals surface area contributed by atoms with Crippen molar-refractivity contribution in [2.45, 2.75) is 36.9 Å². The molecule has 1 heterocycles. The molecule has 1 rings (SSSR count). The first-order chi connectivity index (χ1) is 6.36. The van der Waals surface area contributed by atoms with Crippen LogP contribution in [0.2, 0.25) is 0 Å². The van der Waals surface area contributed by atoms with E-state index >= 15 is 0 Å². The average Bonchev–Trinajstić information content (AvgIpc) is 2.46. The zero-order valence-corrected chi connectivity index (χ0v) is 8.69. The summed E-state index contributed by atoms with van der Waals surface area (Å²) in [5, 5.41) is 9.49. The molecule has 2 atom stereocenters. The van der Waals surface area contributed by atoms with Crippen molar-refractivity contribution in [3.05, 3.63) is 0 Å². The number of thioether (sulfide) groups is 1. The molecule has 0 aromatic carbocycles. The van der Waals surface area contributed by atoms with Crippen LogP contribution in [-0.2, 0) is 0 Å². The molecule has 2 unspecified atom stereocenters. The zero-order valence-electron chi connectivity index (χ0n) is 7.88. The van der Waals surface area contributed by atoms with Gasteiger partial charge in [-0.2, -0.15) is 13.2 Å². The Hall–Kier alpha value is -0.390. The summed E-state index contributed by atoms with van der Waals surface area (Å²) in [4.78, 5) is 0. The van der Waals surface area contributed by atoms with Crippen LogP contribution in [0.25, 0.3) is 0 Å². The summed E-state index contributed by atoms with van der Waals surface area (Å²) in [6.07, 6.45) is -4.08. The van der Waals surface area contributed by atoms with Gasteiger partial charge in [-0.15, -0.1) is 11.8 Å². The summed E-state index contributed by atoms with van der Waals surface area (Å²) in [5.74, 6) is 0.157. The van der Waals surface area contributed by atoms with Crippen LogP contribution < -0.4 is 0 Å². The van der Waals surface area contributed by atoms with Gasteiger partial charge < -0.3 is 5.21 Å². The maximum atomic E-state index is 12.4. The van der Waals surface area contributed by atoms with Crippen molar-refractivity contribution in [1.29, 1.82) is 0 Å². The van der Waals surface area contributed by atoms with Gasteiger partial charge in [0.1, 0.15) is 5.25 Å². The Bertz CT molecular complexity index is 239. The lowest BCUT2D eigenvalue weighted by atomic mass is 10.0. The highest BCUT2D eigenvalue weighted by Gasteiger charge is 2.50. The van der Waals surface area contributed by atoms with Crippen LogP contribution in [0.3, 0.4) is 0 Å². The number of alkyl halides is 3. The summed E-state index contributed by atoms with van der Waals surface area (Å²) < 4.78 is 37.3. The van der Waals surface area contributed by atoms with Crippen molar-refractivity contribution < 1.29 is 18.4 Å². The second kappa shape index (κ2) is 4.00. The first-order valence-electron chi connectivity index (χ1n) is 4.29. The quantitative estimate of drug-likeness (QED) is 0.552. The van der Waals surface area contributed by atoms with Gasteiger partial charge in [0, 0.05) is 11.7 Å². The first kappa shape index (κ1) is 11.7. The molecule has 0 aliphatic carbocycles. The van der Waals surface area contributed by atoms with E-state index in [1.54, 1.807) is 0 Å². The van der Waals surface area contributed by atoms with Gasteiger partial charge in [0.05, 0.1) is 5.71 Å². The summed E-state index contributed by atoms with van der Waals surface area (Å²) in [6, 6.07) is 0. The molecule has 0 saturated carbocycles. The molecule has 14 heavy (non-hydrogen) atoms. The van der Waals surface area contributed by atoms with Gasteiger partial charge >= 0.3 is 6.18 Å². The van der Waals surface area contributed by atoms with Crippen LogP contribution in [0.1, 0.15) is 20.3 Å². The number of rotatable bonds is 1. The first-order valence-corrected chi connectivity index (χ1v) is 5.23. The standard InChI is InChI=1S/C8H12F3NOS/c1-4(2)6-3-5(12-13)7(14-6)8(9,10)11/h4,6-7,13H,3H2,1-2H3. The molecule has 2 nitrogen and oxygen atoms in total. The van der Waals surface area contributed by atoms with Gasteiger partial charge in [0.25, 0.3) is 0 Å². The lowest BCUT2D eigenvalue weighted by Crippen LogP contribution is -2.30. The fourth-order valence-electron chi connectivity index (χ4n) is 1.37. The molecular weight excluding hydrogens is 215 g/mol. The van der Waals surface area contributed by atoms with Gasteiger partial charge in [0.15, 0.2) is 0 Å². The fourth-order valence-corrected chi connectivity index (χ4v) is 2.75. The summed E-state index contributed by atoms with van der Waals surface area (Å²) in [7, 11) is 0. The van der Waals surface area contributed by atoms with Crippen molar-refractivity contribution >= 4 is 17.5 Å². The number of hydrogen-bond donors (Lipinski definition) is 1. The minimum atomic E-state index is -4.31. The van der Waals surface area contributed by atoms with Gasteiger partial charge in [-0.25, -0.2) is 0 Å². The maximum absolute atomic E-state index is 12.4. The monoisotopic (exact) mass is 227 g/mol. The third-order valence-corrected chi connectivity index (χ3v) is 4.07. The van der Waals surface area contributed by atoms with Crippen LogP contribution in [-0.4, -0.2) is 27.6 Å². The Morgan fingerprint density at radius 2 is 2.07 bits per heavy atom. The Labute approximate surface area is 84.6 Å². The molecule has 82 valence electrons. The van der Waals surface area contributed by atoms with E-state index in [1.165, 1.54) is 0 Å². The molecule has 1 fully saturated rings. The second-order valence-electron chi connectivity index (χ2n) is 3.64. The van der Waals surface area contributed by atoms with Crippen LogP contribution in [0.15, 0.2) is 5.16 Å². The van der Waals surface area contributed by atoms with E-state index in [2.05, 4.69) is 5.16 Å². The van der Waals surface area contributed by atoms with E-state index in [0.29, 0.717) is 0 Å². The summed E-state index contributed by atoms with van der Waals surface area (Å²) in [6.45, 7) is 3.73. The molecule has 0 spiro atoms. The molecular formula is C8H12F3NOS. The molecule has 0 aromatic heterocycles. The van der Waals surface area contributed by atoms with Gasteiger partial charge in [-0.3, -0.25) is 0 Å². The average molecular weight is 227 g/mol. The molecule has 1 N–H and O–H groups in total. The van der Waals surface area contributed by atoms with E-state index in [0.717, 1.165) is 11.8 Å². The predicted molar refractivity (Wildman–Crippen MR) is 49.9 cm³/mol. The Balaban J connectivity index is 2.79. The van der Waals surface area contributed by atoms with Crippen LogP contribution in [0, 0.1) is 5.92 Å². The SMILES string of the molecule is CC(C)C1CC(=NO)C(C(F)(F)F)S1. The van der Waals surface area contributed by atoms with Crippen molar-refractivity contribution in [1.82, 2.24) is 0 Å². The van der Waals surface area contributed by atoms with Crippen molar-refractivity contribution in [3.63, 3.8) is 0 Å². The van der Waals surface area contributed by atoms with Gasteiger partial charge in [-0.1, -0.05) is 19.0 Å². The Morgan fingerprint density at radius 3 is 2.36 bits per heavy atom. The highest BCUT2D eigenvalue weighted by atomic mass is 32.2. The van der Waals surface area contributed by atoms with E-state index in [9.17, 15) is 13.2 Å². The van der Waals surface area contributed by atoms with Gasteiger partial charge in [-0.05, 0) is 5.92 Å². The zero-order chi connectivity index (χ0) is 10.9. The topological polar surface area (TPSA) is 32.6 Å². The van der Waals surface area contributed by atoms with E-state index < -0.39 is 11.4 Å². The molecule has 1 aliphatic rings. The number of hydrogen-bond acceptors (Lipinski definition) is 3. The summed E-state index contributed by atoms with van der Waals surface area (Å²) in [5.41, 5.74) is -0.152. The van der Waals surface area contributed by atoms with E-state index in [4.69, 9.17) is 5.21 Å². The molecule has 0 radical (unpaired) electrons. The van der Waals surface area contributed by atoms with E-state index in [-0.39, 0.29) is 23.3 Å². The minimum Gasteiger partial charge on any atom is -0.411 e. The Morgan fingerprint density at radius 1 is 1.50 bits per heavy atom. The number of oxime groups is 1. The Kier molecular flexibility index (Phi) is 3.34. The second-order valence-corrected chi connectivity index (χ2v) is 4.98. The lowest BCUT2D eigenvalue weighted by Gasteiger charge is -2.15. The van der Waals surface area contributed by atoms with Gasteiger partial charge in [0.2, 0.25) is 0 Å². The maximum Gasteiger partial charge on any atom is 0.405 e. The highest BCUT2D eigenvalue weighted by Crippen LogP contribution is 2.43. The number of halogens is 3. The smallest absolute Gasteiger partial charge is 0.405 e. The molecule has 1 saturated heterocycles. The molecule has 6 heteroatoms. The van der Waals surface area contributed by atoms with Crippen LogP contribution in [0.5, 0.6) is 0 Å². The molecule has 0 amide bonds. The van der Waals surface area contributed by atoms with Crippen molar-refractivity contribution in [2.75, 3.05) is 0 Å². The third kappa shape index (κ3) is 2.34. The molecule has 1 aliphatic heterocycles. The highest BCUT2D eigenvalue weighted by molar-refractivity contribution is 8.01. The van der Waals surface area contributed by atoms with Crippen LogP contribution >= 0.6 is 11.8 Å².